The molecule has 0 amide bonds. The summed E-state index contributed by atoms with van der Waals surface area (Å²) in [6, 6.07) is 25.2. The lowest BCUT2D eigenvalue weighted by atomic mass is 10.1. The van der Waals surface area contributed by atoms with E-state index in [0.29, 0.717) is 12.8 Å². The van der Waals surface area contributed by atoms with Gasteiger partial charge in [0.05, 0.1) is 6.10 Å². The van der Waals surface area contributed by atoms with E-state index in [0.717, 1.165) is 5.56 Å². The van der Waals surface area contributed by atoms with E-state index in [-0.39, 0.29) is 16.9 Å². The lowest BCUT2D eigenvalue weighted by Crippen LogP contribution is -2.66. The summed E-state index contributed by atoms with van der Waals surface area (Å²) in [5.74, 6) is 0.176. The highest BCUT2D eigenvalue weighted by molar-refractivity contribution is 6.99. The summed E-state index contributed by atoms with van der Waals surface area (Å²) >= 11 is 0. The number of ketones is 1. The summed E-state index contributed by atoms with van der Waals surface area (Å²) in [5, 5.41) is 2.35. The Balaban J connectivity index is 2.18. The van der Waals surface area contributed by atoms with Crippen molar-refractivity contribution in [2.24, 2.45) is 0 Å². The molecule has 0 saturated carbocycles. The Bertz CT molecular complexity index is 898. The van der Waals surface area contributed by atoms with Crippen LogP contribution in [0.1, 0.15) is 52.2 Å². The van der Waals surface area contributed by atoms with Crippen LogP contribution in [0.3, 0.4) is 0 Å². The molecule has 3 rings (SSSR count). The first-order valence-corrected chi connectivity index (χ1v) is 12.4. The third kappa shape index (κ3) is 4.77. The fourth-order valence-electron chi connectivity index (χ4n) is 4.10. The highest BCUT2D eigenvalue weighted by Gasteiger charge is 2.51. The third-order valence-corrected chi connectivity index (χ3v) is 10.6. The molecule has 1 unspecified atom stereocenters. The lowest BCUT2D eigenvalue weighted by Gasteiger charge is -2.45. The van der Waals surface area contributed by atoms with Crippen LogP contribution in [0.4, 0.5) is 0 Å². The Morgan fingerprint density at radius 3 is 1.93 bits per heavy atom. The van der Waals surface area contributed by atoms with Crippen molar-refractivity contribution in [2.75, 3.05) is 0 Å². The monoisotopic (exact) mass is 417 g/mol. The van der Waals surface area contributed by atoms with E-state index < -0.39 is 8.32 Å². The van der Waals surface area contributed by atoms with Crippen LogP contribution < -0.4 is 10.4 Å². The summed E-state index contributed by atoms with van der Waals surface area (Å²) in [4.78, 5) is 16.1. The number of Topliss-reactive ketones (excluding diaryl/α,β-unsaturated/α-hetero) is 1. The van der Waals surface area contributed by atoms with Crippen LogP contribution in [0.25, 0.3) is 0 Å². The van der Waals surface area contributed by atoms with Gasteiger partial charge in [0.1, 0.15) is 5.78 Å². The molecule has 1 aromatic heterocycles. The van der Waals surface area contributed by atoms with Gasteiger partial charge in [0, 0.05) is 18.8 Å². The molecule has 0 aliphatic carbocycles. The number of carbonyl (C=O) groups excluding carboxylic acids is 1. The Morgan fingerprint density at radius 2 is 1.50 bits per heavy atom. The molecule has 0 aliphatic rings. The van der Waals surface area contributed by atoms with Crippen LogP contribution in [0.2, 0.25) is 5.04 Å². The number of hydrogen-bond donors (Lipinski definition) is 0. The maximum absolute atomic E-state index is 11.8. The minimum Gasteiger partial charge on any atom is -0.400 e. The number of nitrogens with zero attached hydrogens (tertiary/aromatic N) is 1. The van der Waals surface area contributed by atoms with Crippen molar-refractivity contribution in [2.45, 2.75) is 51.7 Å². The molecule has 0 saturated heterocycles. The number of rotatable bonds is 8. The zero-order valence-electron chi connectivity index (χ0n) is 18.3. The van der Waals surface area contributed by atoms with Gasteiger partial charge in [-0.1, -0.05) is 87.5 Å². The molecule has 0 fully saturated rings. The SMILES string of the molecule is CC(=O)CCC(O[Si](c1ccccc1)(c1ccccc1)C(C)(C)C)c1cccnc1. The number of hydrogen-bond acceptors (Lipinski definition) is 3. The molecule has 4 heteroatoms. The van der Waals surface area contributed by atoms with Crippen LogP contribution in [-0.2, 0) is 9.22 Å². The second-order valence-electron chi connectivity index (χ2n) is 8.80. The molecule has 0 aliphatic heterocycles. The average molecular weight is 418 g/mol. The molecule has 1 heterocycles. The van der Waals surface area contributed by atoms with Gasteiger partial charge in [0.2, 0.25) is 0 Å². The smallest absolute Gasteiger partial charge is 0.261 e. The standard InChI is InChI=1S/C26H31NO2Si/c1-21(28)17-18-25(22-12-11-19-27-20-22)29-30(26(2,3)4,23-13-7-5-8-14-23)24-15-9-6-10-16-24/h5-16,19-20,25H,17-18H2,1-4H3. The van der Waals surface area contributed by atoms with E-state index >= 15 is 0 Å². The van der Waals surface area contributed by atoms with Crippen LogP contribution >= 0.6 is 0 Å². The summed E-state index contributed by atoms with van der Waals surface area (Å²) in [5.41, 5.74) is 1.02. The van der Waals surface area contributed by atoms with Gasteiger partial charge in [-0.15, -0.1) is 0 Å². The van der Waals surface area contributed by atoms with Gasteiger partial charge in [-0.2, -0.15) is 0 Å². The fourth-order valence-corrected chi connectivity index (χ4v) is 8.79. The van der Waals surface area contributed by atoms with E-state index in [4.69, 9.17) is 4.43 Å². The second kappa shape index (κ2) is 9.50. The molecule has 30 heavy (non-hydrogen) atoms. The van der Waals surface area contributed by atoms with Gasteiger partial charge < -0.3 is 9.22 Å². The maximum atomic E-state index is 11.8. The van der Waals surface area contributed by atoms with Crippen molar-refractivity contribution >= 4 is 24.5 Å². The maximum Gasteiger partial charge on any atom is 0.261 e. The van der Waals surface area contributed by atoms with E-state index in [1.165, 1.54) is 10.4 Å². The highest BCUT2D eigenvalue weighted by Crippen LogP contribution is 2.40. The van der Waals surface area contributed by atoms with Crippen molar-refractivity contribution in [3.63, 3.8) is 0 Å². The molecule has 0 spiro atoms. The van der Waals surface area contributed by atoms with Crippen LogP contribution in [0.5, 0.6) is 0 Å². The first kappa shape index (κ1) is 22.1. The molecular formula is C26H31NO2Si. The molecule has 0 N–H and O–H groups in total. The molecular weight excluding hydrogens is 386 g/mol. The summed E-state index contributed by atoms with van der Waals surface area (Å²) in [6.07, 6.45) is 4.56. The first-order chi connectivity index (χ1) is 14.3. The minimum atomic E-state index is -2.71. The predicted octanol–water partition coefficient (Wildman–Crippen LogP) is 5.07. The van der Waals surface area contributed by atoms with Gasteiger partial charge in [-0.05, 0) is 40.4 Å². The largest absolute Gasteiger partial charge is 0.400 e. The summed E-state index contributed by atoms with van der Waals surface area (Å²) in [7, 11) is -2.71. The normalized spacial score (nSPS) is 13.1. The Labute approximate surface area is 181 Å². The predicted molar refractivity (Wildman–Crippen MR) is 126 cm³/mol. The van der Waals surface area contributed by atoms with Crippen LogP contribution in [0, 0.1) is 0 Å². The number of pyridine rings is 1. The van der Waals surface area contributed by atoms with E-state index in [1.807, 2.05) is 24.4 Å². The van der Waals surface area contributed by atoms with Crippen LogP contribution in [-0.4, -0.2) is 19.1 Å². The topological polar surface area (TPSA) is 39.2 Å². The zero-order chi connectivity index (χ0) is 21.6. The molecule has 0 radical (unpaired) electrons. The Hall–Kier alpha value is -2.56. The van der Waals surface area contributed by atoms with E-state index in [2.05, 4.69) is 80.4 Å². The first-order valence-electron chi connectivity index (χ1n) is 10.5. The number of benzene rings is 2. The summed E-state index contributed by atoms with van der Waals surface area (Å²) in [6.45, 7) is 8.45. The minimum absolute atomic E-state index is 0.119. The highest BCUT2D eigenvalue weighted by atomic mass is 28.4. The van der Waals surface area contributed by atoms with Crippen LogP contribution in [0.15, 0.2) is 85.2 Å². The molecule has 0 bridgehead atoms. The van der Waals surface area contributed by atoms with Crippen molar-refractivity contribution in [1.29, 1.82) is 0 Å². The van der Waals surface area contributed by atoms with Gasteiger partial charge in [-0.25, -0.2) is 0 Å². The van der Waals surface area contributed by atoms with E-state index in [1.54, 1.807) is 13.1 Å². The molecule has 2 aromatic carbocycles. The molecule has 3 aromatic rings. The number of carbonyl (C=O) groups is 1. The fraction of sp³-hybridized carbons (Fsp3) is 0.308. The third-order valence-electron chi connectivity index (χ3n) is 5.55. The van der Waals surface area contributed by atoms with Gasteiger partial charge in [0.15, 0.2) is 0 Å². The Morgan fingerprint density at radius 1 is 0.933 bits per heavy atom. The van der Waals surface area contributed by atoms with Crippen molar-refractivity contribution in [3.05, 3.63) is 90.8 Å². The summed E-state index contributed by atoms with van der Waals surface area (Å²) < 4.78 is 7.26. The van der Waals surface area contributed by atoms with Gasteiger partial charge in [0.25, 0.3) is 8.32 Å². The molecule has 1 atom stereocenters. The second-order valence-corrected chi connectivity index (χ2v) is 13.0. The van der Waals surface area contributed by atoms with Gasteiger partial charge in [-0.3, -0.25) is 4.98 Å². The Kier molecular flexibility index (Phi) is 7.01. The average Bonchev–Trinajstić information content (AvgIpc) is 2.75. The zero-order valence-corrected chi connectivity index (χ0v) is 19.3. The quantitative estimate of drug-likeness (QED) is 0.481. The number of aromatic nitrogens is 1. The van der Waals surface area contributed by atoms with Crippen molar-refractivity contribution in [1.82, 2.24) is 4.98 Å². The van der Waals surface area contributed by atoms with Gasteiger partial charge >= 0.3 is 0 Å². The van der Waals surface area contributed by atoms with Crippen molar-refractivity contribution in [3.8, 4) is 0 Å². The molecule has 3 nitrogen and oxygen atoms in total. The van der Waals surface area contributed by atoms with E-state index in [9.17, 15) is 4.79 Å². The lowest BCUT2D eigenvalue weighted by molar-refractivity contribution is -0.117. The van der Waals surface area contributed by atoms with Crippen molar-refractivity contribution < 1.29 is 9.22 Å². The molecule has 156 valence electrons.